The van der Waals surface area contributed by atoms with E-state index in [1.807, 2.05) is 13.0 Å². The van der Waals surface area contributed by atoms with Crippen molar-refractivity contribution in [3.8, 4) is 5.88 Å². The minimum absolute atomic E-state index is 0.315. The first-order valence-corrected chi connectivity index (χ1v) is 7.95. The van der Waals surface area contributed by atoms with Crippen LogP contribution in [-0.4, -0.2) is 31.9 Å². The average molecular weight is 326 g/mol. The third-order valence-electron chi connectivity index (χ3n) is 3.96. The van der Waals surface area contributed by atoms with Gasteiger partial charge in [0.25, 0.3) is 0 Å². The van der Waals surface area contributed by atoms with E-state index in [0.717, 1.165) is 28.2 Å². The van der Waals surface area contributed by atoms with Gasteiger partial charge < -0.3 is 10.1 Å². The summed E-state index contributed by atoms with van der Waals surface area (Å²) in [6.45, 7) is 8.84. The predicted octanol–water partition coefficient (Wildman–Crippen LogP) is 2.88. The number of nitrogens with zero attached hydrogens (tertiary/aromatic N) is 5. The normalized spacial score (nSPS) is 11.2. The summed E-state index contributed by atoms with van der Waals surface area (Å²) in [6.07, 6.45) is 1.62. The summed E-state index contributed by atoms with van der Waals surface area (Å²) in [4.78, 5) is 4.46. The topological polar surface area (TPSA) is 77.2 Å². The van der Waals surface area contributed by atoms with Crippen LogP contribution in [0.4, 0.5) is 5.69 Å². The standard InChI is InChI=1S/C17H22N6O/c1-10(2)14-7-15(16-21-19-9-23(16)22-14)18-8-13-11(3)6-12(4)20-17(13)24-5/h6-7,9-10,18H,8H2,1-5H3. The summed E-state index contributed by atoms with van der Waals surface area (Å²) in [5, 5.41) is 16.1. The fourth-order valence-corrected chi connectivity index (χ4v) is 2.65. The van der Waals surface area contributed by atoms with Crippen molar-refractivity contribution in [2.24, 2.45) is 0 Å². The molecular formula is C17H22N6O. The summed E-state index contributed by atoms with van der Waals surface area (Å²) in [5.41, 5.74) is 5.70. The number of ether oxygens (including phenoxy) is 1. The van der Waals surface area contributed by atoms with E-state index in [-0.39, 0.29) is 0 Å². The van der Waals surface area contributed by atoms with Gasteiger partial charge in [0.2, 0.25) is 11.5 Å². The number of hydrogen-bond acceptors (Lipinski definition) is 6. The van der Waals surface area contributed by atoms with Gasteiger partial charge in [-0.15, -0.1) is 10.2 Å². The van der Waals surface area contributed by atoms with Crippen molar-refractivity contribution < 1.29 is 4.74 Å². The molecular weight excluding hydrogens is 304 g/mol. The van der Waals surface area contributed by atoms with Gasteiger partial charge in [-0.05, 0) is 37.5 Å². The lowest BCUT2D eigenvalue weighted by Crippen LogP contribution is -2.09. The van der Waals surface area contributed by atoms with E-state index in [0.29, 0.717) is 24.0 Å². The Morgan fingerprint density at radius 2 is 2.04 bits per heavy atom. The molecule has 3 aromatic heterocycles. The van der Waals surface area contributed by atoms with E-state index in [9.17, 15) is 0 Å². The van der Waals surface area contributed by atoms with Crippen molar-refractivity contribution >= 4 is 11.3 Å². The van der Waals surface area contributed by atoms with Crippen LogP contribution >= 0.6 is 0 Å². The molecule has 7 nitrogen and oxygen atoms in total. The number of aromatic nitrogens is 5. The van der Waals surface area contributed by atoms with Gasteiger partial charge in [-0.3, -0.25) is 0 Å². The lowest BCUT2D eigenvalue weighted by Gasteiger charge is -2.14. The van der Waals surface area contributed by atoms with Crippen LogP contribution in [0, 0.1) is 13.8 Å². The van der Waals surface area contributed by atoms with Crippen LogP contribution in [0.15, 0.2) is 18.5 Å². The van der Waals surface area contributed by atoms with Gasteiger partial charge in [0.15, 0.2) is 0 Å². The molecule has 3 heterocycles. The third-order valence-corrected chi connectivity index (χ3v) is 3.96. The molecule has 126 valence electrons. The van der Waals surface area contributed by atoms with Crippen molar-refractivity contribution in [3.63, 3.8) is 0 Å². The maximum atomic E-state index is 5.43. The highest BCUT2D eigenvalue weighted by Gasteiger charge is 2.13. The Labute approximate surface area is 141 Å². The van der Waals surface area contributed by atoms with E-state index in [4.69, 9.17) is 4.74 Å². The minimum Gasteiger partial charge on any atom is -0.481 e. The van der Waals surface area contributed by atoms with E-state index in [2.05, 4.69) is 52.4 Å². The molecule has 7 heteroatoms. The zero-order chi connectivity index (χ0) is 17.3. The Hall–Kier alpha value is -2.70. The van der Waals surface area contributed by atoms with Crippen LogP contribution in [0.25, 0.3) is 5.65 Å². The van der Waals surface area contributed by atoms with Gasteiger partial charge in [-0.25, -0.2) is 4.98 Å². The Bertz CT molecular complexity index is 871. The van der Waals surface area contributed by atoms with Crippen LogP contribution in [0.2, 0.25) is 0 Å². The molecule has 0 atom stereocenters. The number of pyridine rings is 1. The number of hydrogen-bond donors (Lipinski definition) is 1. The molecule has 0 fully saturated rings. The zero-order valence-electron chi connectivity index (χ0n) is 14.7. The van der Waals surface area contributed by atoms with Crippen molar-refractivity contribution in [1.82, 2.24) is 24.8 Å². The number of nitrogens with one attached hydrogen (secondary N) is 1. The molecule has 1 N–H and O–H groups in total. The van der Waals surface area contributed by atoms with Crippen molar-refractivity contribution in [2.45, 2.75) is 40.2 Å². The Morgan fingerprint density at radius 1 is 1.25 bits per heavy atom. The molecule has 0 unspecified atom stereocenters. The molecule has 0 aliphatic heterocycles. The first-order chi connectivity index (χ1) is 11.5. The van der Waals surface area contributed by atoms with Gasteiger partial charge >= 0.3 is 0 Å². The second-order valence-corrected chi connectivity index (χ2v) is 6.16. The molecule has 0 aliphatic carbocycles. The number of anilines is 1. The van der Waals surface area contributed by atoms with Gasteiger partial charge in [0.05, 0.1) is 18.5 Å². The Kier molecular flexibility index (Phi) is 4.33. The summed E-state index contributed by atoms with van der Waals surface area (Å²) in [5.74, 6) is 0.963. The second kappa shape index (κ2) is 6.43. The summed E-state index contributed by atoms with van der Waals surface area (Å²) in [6, 6.07) is 4.08. The molecule has 0 saturated carbocycles. The van der Waals surface area contributed by atoms with Crippen LogP contribution < -0.4 is 10.1 Å². The third kappa shape index (κ3) is 3.02. The van der Waals surface area contributed by atoms with E-state index < -0.39 is 0 Å². The summed E-state index contributed by atoms with van der Waals surface area (Å²) in [7, 11) is 1.64. The Balaban J connectivity index is 1.95. The predicted molar refractivity (Wildman–Crippen MR) is 92.5 cm³/mol. The molecule has 3 rings (SSSR count). The van der Waals surface area contributed by atoms with Crippen molar-refractivity contribution in [1.29, 1.82) is 0 Å². The number of rotatable bonds is 5. The van der Waals surface area contributed by atoms with Gasteiger partial charge in [-0.1, -0.05) is 13.8 Å². The molecule has 0 radical (unpaired) electrons. The van der Waals surface area contributed by atoms with Crippen LogP contribution in [0.3, 0.4) is 0 Å². The van der Waals surface area contributed by atoms with Crippen molar-refractivity contribution in [2.75, 3.05) is 12.4 Å². The van der Waals surface area contributed by atoms with Crippen molar-refractivity contribution in [3.05, 3.63) is 41.0 Å². The van der Waals surface area contributed by atoms with Gasteiger partial charge in [0, 0.05) is 17.8 Å². The quantitative estimate of drug-likeness (QED) is 0.777. The minimum atomic E-state index is 0.315. The van der Waals surface area contributed by atoms with E-state index in [1.54, 1.807) is 18.0 Å². The largest absolute Gasteiger partial charge is 0.481 e. The molecule has 0 aromatic carbocycles. The summed E-state index contributed by atoms with van der Waals surface area (Å²) >= 11 is 0. The fraction of sp³-hybridized carbons (Fsp3) is 0.412. The van der Waals surface area contributed by atoms with Gasteiger partial charge in [-0.2, -0.15) is 9.61 Å². The maximum absolute atomic E-state index is 5.43. The average Bonchev–Trinajstić information content (AvgIpc) is 3.01. The monoisotopic (exact) mass is 326 g/mol. The number of aryl methyl sites for hydroxylation is 2. The highest BCUT2D eigenvalue weighted by molar-refractivity contribution is 5.67. The molecule has 3 aromatic rings. The fourth-order valence-electron chi connectivity index (χ4n) is 2.65. The molecule has 24 heavy (non-hydrogen) atoms. The van der Waals surface area contributed by atoms with Crippen LogP contribution in [0.5, 0.6) is 5.88 Å². The molecule has 0 amide bonds. The molecule has 0 spiro atoms. The van der Waals surface area contributed by atoms with E-state index in [1.165, 1.54) is 0 Å². The van der Waals surface area contributed by atoms with Crippen LogP contribution in [-0.2, 0) is 6.54 Å². The lowest BCUT2D eigenvalue weighted by atomic mass is 10.1. The first-order valence-electron chi connectivity index (χ1n) is 7.95. The summed E-state index contributed by atoms with van der Waals surface area (Å²) < 4.78 is 7.14. The van der Waals surface area contributed by atoms with Gasteiger partial charge in [0.1, 0.15) is 6.33 Å². The first kappa shape index (κ1) is 16.2. The van der Waals surface area contributed by atoms with E-state index >= 15 is 0 Å². The number of methoxy groups -OCH3 is 1. The highest BCUT2D eigenvalue weighted by Crippen LogP contribution is 2.24. The van der Waals surface area contributed by atoms with Crippen LogP contribution in [0.1, 0.15) is 42.3 Å². The SMILES string of the molecule is COc1nc(C)cc(C)c1CNc1cc(C(C)C)nn2cnnc12. The lowest BCUT2D eigenvalue weighted by molar-refractivity contribution is 0.391. The number of fused-ring (bicyclic) bond motifs is 1. The zero-order valence-corrected chi connectivity index (χ0v) is 14.7. The molecule has 0 saturated heterocycles. The molecule has 0 bridgehead atoms. The smallest absolute Gasteiger partial charge is 0.218 e. The Morgan fingerprint density at radius 3 is 2.75 bits per heavy atom. The molecule has 0 aliphatic rings. The second-order valence-electron chi connectivity index (χ2n) is 6.16. The maximum Gasteiger partial charge on any atom is 0.218 e. The highest BCUT2D eigenvalue weighted by atomic mass is 16.5.